The zero-order valence-corrected chi connectivity index (χ0v) is 14.8. The number of carbonyl (C=O) groups excluding carboxylic acids is 2. The predicted molar refractivity (Wildman–Crippen MR) is 89.1 cm³/mol. The van der Waals surface area contributed by atoms with E-state index in [0.29, 0.717) is 29.1 Å². The van der Waals surface area contributed by atoms with Gasteiger partial charge in [-0.1, -0.05) is 11.8 Å². The molecule has 23 heavy (non-hydrogen) atoms. The van der Waals surface area contributed by atoms with Gasteiger partial charge in [0.05, 0.1) is 23.1 Å². The minimum Gasteiger partial charge on any atom is -0.462 e. The van der Waals surface area contributed by atoms with Gasteiger partial charge in [0, 0.05) is 25.1 Å². The largest absolute Gasteiger partial charge is 0.462 e. The van der Waals surface area contributed by atoms with Crippen molar-refractivity contribution in [3.8, 4) is 0 Å². The Balaban J connectivity index is 2.24. The van der Waals surface area contributed by atoms with Crippen LogP contribution in [0.1, 0.15) is 46.0 Å². The topological polar surface area (TPSA) is 77.0 Å². The Hall–Kier alpha value is -2.02. The third-order valence-electron chi connectivity index (χ3n) is 3.59. The van der Waals surface area contributed by atoms with E-state index in [1.54, 1.807) is 27.0 Å². The number of rotatable bonds is 6. The molecule has 0 spiro atoms. The van der Waals surface area contributed by atoms with Gasteiger partial charge in [0.15, 0.2) is 10.9 Å². The van der Waals surface area contributed by atoms with E-state index in [0.717, 1.165) is 5.16 Å². The highest BCUT2D eigenvalue weighted by molar-refractivity contribution is 8.00. The molecule has 0 aliphatic rings. The Morgan fingerprint density at radius 1 is 1.43 bits per heavy atom. The molecule has 124 valence electrons. The van der Waals surface area contributed by atoms with Gasteiger partial charge in [-0.3, -0.25) is 4.79 Å². The zero-order chi connectivity index (χ0) is 17.1. The molecule has 2 aromatic heterocycles. The molecule has 0 saturated heterocycles. The van der Waals surface area contributed by atoms with Crippen LogP contribution in [0.3, 0.4) is 0 Å². The van der Waals surface area contributed by atoms with Crippen LogP contribution >= 0.6 is 11.8 Å². The van der Waals surface area contributed by atoms with Crippen molar-refractivity contribution < 1.29 is 14.3 Å². The standard InChI is InChI=1S/C16H21N3O3S/c1-6-22-15(21)12-9(2)13(18-10(12)3)14(20)11(4)23-16-17-7-8-19(16)5/h7-8,11,18H,6H2,1-5H3. The van der Waals surface area contributed by atoms with Crippen molar-refractivity contribution in [2.24, 2.45) is 7.05 Å². The first-order valence-corrected chi connectivity index (χ1v) is 8.29. The third kappa shape index (κ3) is 3.50. The van der Waals surface area contributed by atoms with Crippen molar-refractivity contribution in [3.05, 3.63) is 34.9 Å². The smallest absolute Gasteiger partial charge is 0.340 e. The van der Waals surface area contributed by atoms with Gasteiger partial charge in [-0.2, -0.15) is 0 Å². The molecule has 2 aromatic rings. The highest BCUT2D eigenvalue weighted by Gasteiger charge is 2.26. The lowest BCUT2D eigenvalue weighted by molar-refractivity contribution is 0.0525. The van der Waals surface area contributed by atoms with Crippen molar-refractivity contribution in [2.45, 2.75) is 38.1 Å². The van der Waals surface area contributed by atoms with Gasteiger partial charge >= 0.3 is 5.97 Å². The minimum absolute atomic E-state index is 0.0610. The summed E-state index contributed by atoms with van der Waals surface area (Å²) in [6.07, 6.45) is 3.53. The number of hydrogen-bond donors (Lipinski definition) is 1. The summed E-state index contributed by atoms with van der Waals surface area (Å²) in [4.78, 5) is 32.0. The fourth-order valence-electron chi connectivity index (χ4n) is 2.39. The Morgan fingerprint density at radius 3 is 2.70 bits per heavy atom. The van der Waals surface area contributed by atoms with Gasteiger partial charge in [0.2, 0.25) is 0 Å². The van der Waals surface area contributed by atoms with Gasteiger partial charge in [-0.05, 0) is 33.3 Å². The number of Topliss-reactive ketones (excluding diaryl/α,β-unsaturated/α-hetero) is 1. The second kappa shape index (κ2) is 7.04. The van der Waals surface area contributed by atoms with E-state index in [9.17, 15) is 9.59 Å². The monoisotopic (exact) mass is 335 g/mol. The van der Waals surface area contributed by atoms with Crippen molar-refractivity contribution in [1.29, 1.82) is 0 Å². The van der Waals surface area contributed by atoms with Crippen LogP contribution in [0.4, 0.5) is 0 Å². The van der Waals surface area contributed by atoms with Crippen LogP contribution < -0.4 is 0 Å². The molecule has 0 aliphatic carbocycles. The van der Waals surface area contributed by atoms with Crippen molar-refractivity contribution >= 4 is 23.5 Å². The number of nitrogens with zero attached hydrogens (tertiary/aromatic N) is 2. The number of esters is 1. The second-order valence-electron chi connectivity index (χ2n) is 5.29. The number of thioether (sulfide) groups is 1. The summed E-state index contributed by atoms with van der Waals surface area (Å²) in [7, 11) is 1.88. The normalized spacial score (nSPS) is 12.2. The quantitative estimate of drug-likeness (QED) is 0.499. The Labute approximate surface area is 139 Å². The van der Waals surface area contributed by atoms with Crippen LogP contribution in [0.5, 0.6) is 0 Å². The second-order valence-corrected chi connectivity index (χ2v) is 6.60. The molecular weight excluding hydrogens is 314 g/mol. The molecular formula is C16H21N3O3S. The summed E-state index contributed by atoms with van der Waals surface area (Å²) in [6, 6.07) is 0. The Morgan fingerprint density at radius 2 is 2.13 bits per heavy atom. The molecule has 0 fully saturated rings. The maximum absolute atomic E-state index is 12.7. The van der Waals surface area contributed by atoms with Gasteiger partial charge in [-0.15, -0.1) is 0 Å². The molecule has 0 amide bonds. The van der Waals surface area contributed by atoms with Crippen LogP contribution in [0.25, 0.3) is 0 Å². The lowest BCUT2D eigenvalue weighted by Crippen LogP contribution is -2.16. The molecule has 7 heteroatoms. The van der Waals surface area contributed by atoms with E-state index in [1.807, 2.05) is 24.7 Å². The number of hydrogen-bond acceptors (Lipinski definition) is 5. The minimum atomic E-state index is -0.401. The molecule has 6 nitrogen and oxygen atoms in total. The van der Waals surface area contributed by atoms with Crippen LogP contribution in [0.15, 0.2) is 17.6 Å². The molecule has 2 rings (SSSR count). The Bertz CT molecular complexity index is 733. The molecule has 1 unspecified atom stereocenters. The number of aromatic amines is 1. The van der Waals surface area contributed by atoms with Gasteiger partial charge in [-0.25, -0.2) is 9.78 Å². The SMILES string of the molecule is CCOC(=O)c1c(C)[nH]c(C(=O)C(C)Sc2nccn2C)c1C. The summed E-state index contributed by atoms with van der Waals surface area (Å²) < 4.78 is 6.92. The molecule has 0 bridgehead atoms. The summed E-state index contributed by atoms with van der Waals surface area (Å²) >= 11 is 1.39. The van der Waals surface area contributed by atoms with Gasteiger partial charge in [0.25, 0.3) is 0 Å². The van der Waals surface area contributed by atoms with E-state index >= 15 is 0 Å². The van der Waals surface area contributed by atoms with Crippen LogP contribution in [-0.4, -0.2) is 38.1 Å². The van der Waals surface area contributed by atoms with Crippen LogP contribution in [0.2, 0.25) is 0 Å². The van der Waals surface area contributed by atoms with Crippen molar-refractivity contribution in [2.75, 3.05) is 6.61 Å². The van der Waals surface area contributed by atoms with Crippen molar-refractivity contribution in [3.63, 3.8) is 0 Å². The average Bonchev–Trinajstić information content (AvgIpc) is 3.02. The number of aromatic nitrogens is 3. The average molecular weight is 335 g/mol. The third-order valence-corrected chi connectivity index (χ3v) is 4.76. The van der Waals surface area contributed by atoms with E-state index < -0.39 is 5.97 Å². The van der Waals surface area contributed by atoms with Gasteiger partial charge < -0.3 is 14.3 Å². The molecule has 0 aromatic carbocycles. The number of ether oxygens (including phenoxy) is 1. The first kappa shape index (κ1) is 17.3. The van der Waals surface area contributed by atoms with E-state index in [1.165, 1.54) is 11.8 Å². The molecule has 0 aliphatic heterocycles. The number of aryl methyl sites for hydroxylation is 2. The van der Waals surface area contributed by atoms with Crippen LogP contribution in [0, 0.1) is 13.8 Å². The fourth-order valence-corrected chi connectivity index (χ4v) is 3.28. The lowest BCUT2D eigenvalue weighted by Gasteiger charge is -2.10. The number of H-pyrrole nitrogens is 1. The van der Waals surface area contributed by atoms with Crippen LogP contribution in [-0.2, 0) is 11.8 Å². The van der Waals surface area contributed by atoms with Gasteiger partial charge in [0.1, 0.15) is 0 Å². The number of imidazole rings is 1. The fraction of sp³-hybridized carbons (Fsp3) is 0.438. The predicted octanol–water partition coefficient (Wildman–Crippen LogP) is 2.91. The number of ketones is 1. The number of nitrogens with one attached hydrogen (secondary N) is 1. The molecule has 1 N–H and O–H groups in total. The zero-order valence-electron chi connectivity index (χ0n) is 14.0. The van der Waals surface area contributed by atoms with E-state index in [4.69, 9.17) is 4.74 Å². The summed E-state index contributed by atoms with van der Waals surface area (Å²) in [5.41, 5.74) is 2.20. The van der Waals surface area contributed by atoms with Crippen molar-refractivity contribution in [1.82, 2.24) is 14.5 Å². The van der Waals surface area contributed by atoms with E-state index in [2.05, 4.69) is 9.97 Å². The number of carbonyl (C=O) groups is 2. The molecule has 2 heterocycles. The lowest BCUT2D eigenvalue weighted by atomic mass is 10.1. The summed E-state index contributed by atoms with van der Waals surface area (Å²) in [6.45, 7) is 7.43. The first-order valence-electron chi connectivity index (χ1n) is 7.41. The molecule has 1 atom stereocenters. The Kier molecular flexibility index (Phi) is 5.30. The summed E-state index contributed by atoms with van der Waals surface area (Å²) in [5, 5.41) is 0.459. The molecule has 0 saturated carbocycles. The maximum atomic E-state index is 12.7. The molecule has 0 radical (unpaired) electrons. The maximum Gasteiger partial charge on any atom is 0.340 e. The highest BCUT2D eigenvalue weighted by atomic mass is 32.2. The summed E-state index contributed by atoms with van der Waals surface area (Å²) in [5.74, 6) is -0.462. The first-order chi connectivity index (χ1) is 10.9. The highest BCUT2D eigenvalue weighted by Crippen LogP contribution is 2.27. The van der Waals surface area contributed by atoms with E-state index in [-0.39, 0.29) is 11.0 Å².